The van der Waals surface area contributed by atoms with Crippen LogP contribution < -0.4 is 0 Å². The largest absolute Gasteiger partial charge is 0.298 e. The predicted molar refractivity (Wildman–Crippen MR) is 77.7 cm³/mol. The fourth-order valence-corrected chi connectivity index (χ4v) is 3.24. The topological polar surface area (TPSA) is 9.72 Å². The summed E-state index contributed by atoms with van der Waals surface area (Å²) in [5.74, 6) is 0.999. The monoisotopic (exact) mass is 253 g/mol. The summed E-state index contributed by atoms with van der Waals surface area (Å²) in [6.45, 7) is 15.8. The van der Waals surface area contributed by atoms with Crippen LogP contribution in [0.25, 0.3) is 0 Å². The van der Waals surface area contributed by atoms with Crippen molar-refractivity contribution in [3.63, 3.8) is 0 Å². The minimum atomic E-state index is 0.715. The molecule has 0 spiro atoms. The molecule has 2 rings (SSSR count). The number of nitrogens with zero attached hydrogens (tertiary/aromatic N) is 3. The van der Waals surface area contributed by atoms with Gasteiger partial charge in [-0.15, -0.1) is 0 Å². The Hall–Kier alpha value is -0.120. The van der Waals surface area contributed by atoms with E-state index in [0.29, 0.717) is 6.04 Å². The second-order valence-electron chi connectivity index (χ2n) is 6.36. The van der Waals surface area contributed by atoms with Gasteiger partial charge in [-0.1, -0.05) is 13.3 Å². The van der Waals surface area contributed by atoms with E-state index < -0.39 is 0 Å². The molecule has 0 atom stereocenters. The number of hydrogen-bond donors (Lipinski definition) is 0. The van der Waals surface area contributed by atoms with Gasteiger partial charge in [0, 0.05) is 32.2 Å². The molecule has 18 heavy (non-hydrogen) atoms. The zero-order valence-electron chi connectivity index (χ0n) is 12.6. The lowest BCUT2D eigenvalue weighted by atomic mass is 9.95. The van der Waals surface area contributed by atoms with Crippen molar-refractivity contribution in [1.29, 1.82) is 0 Å². The van der Waals surface area contributed by atoms with Gasteiger partial charge in [0.05, 0.1) is 6.67 Å². The Bertz CT molecular complexity index is 226. The lowest BCUT2D eigenvalue weighted by molar-refractivity contribution is 0.0464. The first-order valence-electron chi connectivity index (χ1n) is 7.87. The van der Waals surface area contributed by atoms with E-state index in [1.165, 1.54) is 65.2 Å². The van der Waals surface area contributed by atoms with Gasteiger partial charge in [-0.2, -0.15) is 0 Å². The first-order chi connectivity index (χ1) is 8.69. The highest BCUT2D eigenvalue weighted by Gasteiger charge is 2.22. The third kappa shape index (κ3) is 3.94. The van der Waals surface area contributed by atoms with E-state index in [1.54, 1.807) is 0 Å². The maximum absolute atomic E-state index is 2.66. The zero-order chi connectivity index (χ0) is 13.0. The molecule has 3 heteroatoms. The predicted octanol–water partition coefficient (Wildman–Crippen LogP) is 2.09. The molecule has 0 aliphatic carbocycles. The van der Waals surface area contributed by atoms with Crippen LogP contribution in [0.3, 0.4) is 0 Å². The van der Waals surface area contributed by atoms with Crippen LogP contribution in [0.2, 0.25) is 0 Å². The summed E-state index contributed by atoms with van der Waals surface area (Å²) in [5.41, 5.74) is 0. The fourth-order valence-electron chi connectivity index (χ4n) is 3.24. The third-order valence-corrected chi connectivity index (χ3v) is 4.82. The molecule has 0 saturated carbocycles. The second kappa shape index (κ2) is 6.88. The van der Waals surface area contributed by atoms with Gasteiger partial charge in [-0.05, 0) is 45.7 Å². The number of hydrogen-bond acceptors (Lipinski definition) is 3. The van der Waals surface area contributed by atoms with Crippen LogP contribution in [0, 0.1) is 5.92 Å². The maximum Gasteiger partial charge on any atom is 0.0507 e. The first kappa shape index (κ1) is 14.3. The standard InChI is InChI=1S/C15H31N3/c1-4-15-5-7-16(8-6-15)13-17-9-11-18(12-10-17)14(2)3/h14-15H,4-13H2,1-3H3. The van der Waals surface area contributed by atoms with E-state index in [4.69, 9.17) is 0 Å². The fraction of sp³-hybridized carbons (Fsp3) is 1.00. The average molecular weight is 253 g/mol. The molecule has 0 aromatic rings. The van der Waals surface area contributed by atoms with Gasteiger partial charge in [0.25, 0.3) is 0 Å². The number of rotatable bonds is 4. The van der Waals surface area contributed by atoms with Crippen LogP contribution in [-0.4, -0.2) is 66.7 Å². The van der Waals surface area contributed by atoms with Crippen LogP contribution >= 0.6 is 0 Å². The summed E-state index contributed by atoms with van der Waals surface area (Å²) < 4.78 is 0. The van der Waals surface area contributed by atoms with Crippen molar-refractivity contribution in [3.05, 3.63) is 0 Å². The molecule has 0 amide bonds. The lowest BCUT2D eigenvalue weighted by Crippen LogP contribution is -2.52. The maximum atomic E-state index is 2.66. The van der Waals surface area contributed by atoms with Crippen molar-refractivity contribution >= 4 is 0 Å². The summed E-state index contributed by atoms with van der Waals surface area (Å²) in [5, 5.41) is 0. The van der Waals surface area contributed by atoms with E-state index in [0.717, 1.165) is 5.92 Å². The number of piperazine rings is 1. The second-order valence-corrected chi connectivity index (χ2v) is 6.36. The quantitative estimate of drug-likeness (QED) is 0.759. The molecule has 0 aromatic heterocycles. The molecule has 2 aliphatic rings. The highest BCUT2D eigenvalue weighted by Crippen LogP contribution is 2.20. The Morgan fingerprint density at radius 2 is 1.44 bits per heavy atom. The number of piperidine rings is 1. The first-order valence-corrected chi connectivity index (χ1v) is 7.87. The van der Waals surface area contributed by atoms with Crippen LogP contribution in [0.4, 0.5) is 0 Å². The van der Waals surface area contributed by atoms with Gasteiger partial charge in [-0.3, -0.25) is 14.7 Å². The molecule has 0 bridgehead atoms. The molecule has 0 aromatic carbocycles. The molecule has 0 unspecified atom stereocenters. The molecule has 2 aliphatic heterocycles. The van der Waals surface area contributed by atoms with Crippen LogP contribution in [-0.2, 0) is 0 Å². The summed E-state index contributed by atoms with van der Waals surface area (Å²) >= 11 is 0. The minimum Gasteiger partial charge on any atom is -0.298 e. The van der Waals surface area contributed by atoms with E-state index in [1.807, 2.05) is 0 Å². The van der Waals surface area contributed by atoms with Gasteiger partial charge >= 0.3 is 0 Å². The van der Waals surface area contributed by atoms with Crippen LogP contribution in [0.1, 0.15) is 40.0 Å². The highest BCUT2D eigenvalue weighted by atomic mass is 15.4. The van der Waals surface area contributed by atoms with E-state index in [9.17, 15) is 0 Å². The Kier molecular flexibility index (Phi) is 5.46. The number of likely N-dealkylation sites (tertiary alicyclic amines) is 1. The molecule has 106 valence electrons. The van der Waals surface area contributed by atoms with E-state index >= 15 is 0 Å². The Balaban J connectivity index is 1.66. The van der Waals surface area contributed by atoms with Gasteiger partial charge in [0.2, 0.25) is 0 Å². The van der Waals surface area contributed by atoms with Gasteiger partial charge < -0.3 is 0 Å². The van der Waals surface area contributed by atoms with Crippen molar-refractivity contribution < 1.29 is 0 Å². The van der Waals surface area contributed by atoms with Crippen molar-refractivity contribution in [3.8, 4) is 0 Å². The van der Waals surface area contributed by atoms with Crippen molar-refractivity contribution in [2.24, 2.45) is 5.92 Å². The van der Waals surface area contributed by atoms with Crippen molar-refractivity contribution in [2.45, 2.75) is 46.1 Å². The summed E-state index contributed by atoms with van der Waals surface area (Å²) in [4.78, 5) is 7.90. The van der Waals surface area contributed by atoms with E-state index in [-0.39, 0.29) is 0 Å². The Morgan fingerprint density at radius 1 is 0.889 bits per heavy atom. The van der Waals surface area contributed by atoms with Gasteiger partial charge in [0.1, 0.15) is 0 Å². The van der Waals surface area contributed by atoms with E-state index in [2.05, 4.69) is 35.5 Å². The normalized spacial score (nSPS) is 26.0. The highest BCUT2D eigenvalue weighted by molar-refractivity contribution is 4.76. The SMILES string of the molecule is CCC1CCN(CN2CCN(C(C)C)CC2)CC1. The van der Waals surface area contributed by atoms with Crippen molar-refractivity contribution in [1.82, 2.24) is 14.7 Å². The molecular weight excluding hydrogens is 222 g/mol. The minimum absolute atomic E-state index is 0.715. The van der Waals surface area contributed by atoms with Crippen molar-refractivity contribution in [2.75, 3.05) is 45.9 Å². The average Bonchev–Trinajstić information content (AvgIpc) is 2.40. The smallest absolute Gasteiger partial charge is 0.0507 e. The zero-order valence-corrected chi connectivity index (χ0v) is 12.6. The lowest BCUT2D eigenvalue weighted by Gasteiger charge is -2.40. The van der Waals surface area contributed by atoms with Gasteiger partial charge in [0.15, 0.2) is 0 Å². The molecular formula is C15H31N3. The summed E-state index contributed by atoms with van der Waals surface area (Å²) in [6.07, 6.45) is 4.21. The molecule has 2 saturated heterocycles. The third-order valence-electron chi connectivity index (χ3n) is 4.82. The summed E-state index contributed by atoms with van der Waals surface area (Å²) in [7, 11) is 0. The molecule has 0 radical (unpaired) electrons. The molecule has 0 N–H and O–H groups in total. The summed E-state index contributed by atoms with van der Waals surface area (Å²) in [6, 6.07) is 0.715. The van der Waals surface area contributed by atoms with Gasteiger partial charge in [-0.25, -0.2) is 0 Å². The molecule has 2 fully saturated rings. The van der Waals surface area contributed by atoms with Crippen LogP contribution in [0.5, 0.6) is 0 Å². The molecule has 2 heterocycles. The Labute approximate surface area is 113 Å². The molecule has 3 nitrogen and oxygen atoms in total. The van der Waals surface area contributed by atoms with Crippen LogP contribution in [0.15, 0.2) is 0 Å². The Morgan fingerprint density at radius 3 is 1.94 bits per heavy atom.